The number of hydrogen-bond donors (Lipinski definition) is 2. The molecule has 8 nitrogen and oxygen atoms in total. The van der Waals surface area contributed by atoms with Crippen LogP contribution in [0, 0.1) is 0 Å². The van der Waals surface area contributed by atoms with Crippen molar-refractivity contribution in [2.75, 3.05) is 18.2 Å². The fraction of sp³-hybridized carbons (Fsp3) is 0.250. The zero-order chi connectivity index (χ0) is 21.9. The van der Waals surface area contributed by atoms with Crippen molar-refractivity contribution < 1.29 is 27.5 Å². The number of amides is 2. The van der Waals surface area contributed by atoms with Crippen molar-refractivity contribution in [2.45, 2.75) is 23.8 Å². The predicted octanol–water partition coefficient (Wildman–Crippen LogP) is 2.43. The van der Waals surface area contributed by atoms with Crippen LogP contribution in [0.2, 0.25) is 5.02 Å². The van der Waals surface area contributed by atoms with E-state index in [1.807, 2.05) is 0 Å². The van der Waals surface area contributed by atoms with Crippen LogP contribution in [-0.2, 0) is 19.4 Å². The average molecular weight is 451 g/mol. The van der Waals surface area contributed by atoms with Gasteiger partial charge in [0.2, 0.25) is 0 Å². The number of esters is 1. The Morgan fingerprint density at radius 3 is 2.47 bits per heavy atom. The van der Waals surface area contributed by atoms with Crippen LogP contribution in [0.5, 0.6) is 0 Å². The van der Waals surface area contributed by atoms with Crippen LogP contribution >= 0.6 is 11.6 Å². The van der Waals surface area contributed by atoms with Crippen molar-refractivity contribution >= 4 is 44.9 Å². The minimum absolute atomic E-state index is 0.00472. The van der Waals surface area contributed by atoms with Gasteiger partial charge in [0.15, 0.2) is 16.4 Å². The van der Waals surface area contributed by atoms with Gasteiger partial charge in [-0.05, 0) is 43.2 Å². The highest BCUT2D eigenvalue weighted by molar-refractivity contribution is 7.90. The number of ether oxygens (including phenoxy) is 1. The summed E-state index contributed by atoms with van der Waals surface area (Å²) in [5.74, 6) is -1.90. The third-order valence-corrected chi connectivity index (χ3v) is 5.72. The molecule has 0 aromatic heterocycles. The number of benzene rings is 2. The van der Waals surface area contributed by atoms with Crippen LogP contribution in [0.25, 0.3) is 0 Å². The second kappa shape index (κ2) is 8.85. The van der Waals surface area contributed by atoms with E-state index in [1.54, 1.807) is 24.3 Å². The largest absolute Gasteiger partial charge is 0.452 e. The standard InChI is InChI=1S/C20H19ClN2O6S/c1-30(27,28)13-8-9-16(21)15(10-13)20(26)29-11-18(24)23-17-5-3-2-4-14(17)19(25)22-12-6-7-12/h2-5,8-10,12H,6-7,11H2,1H3,(H,22,25)(H,23,24). The van der Waals surface area contributed by atoms with Crippen LogP contribution in [-0.4, -0.2) is 45.1 Å². The van der Waals surface area contributed by atoms with Gasteiger partial charge < -0.3 is 15.4 Å². The summed E-state index contributed by atoms with van der Waals surface area (Å²) in [6, 6.07) is 10.3. The van der Waals surface area contributed by atoms with Gasteiger partial charge in [-0.15, -0.1) is 0 Å². The molecule has 1 saturated carbocycles. The Kier molecular flexibility index (Phi) is 6.42. The first-order chi connectivity index (χ1) is 14.1. The van der Waals surface area contributed by atoms with E-state index in [9.17, 15) is 22.8 Å². The van der Waals surface area contributed by atoms with Crippen LogP contribution in [0.15, 0.2) is 47.4 Å². The Hall–Kier alpha value is -2.91. The first kappa shape index (κ1) is 21.8. The lowest BCUT2D eigenvalue weighted by molar-refractivity contribution is -0.119. The summed E-state index contributed by atoms with van der Waals surface area (Å²) < 4.78 is 28.3. The lowest BCUT2D eigenvalue weighted by Crippen LogP contribution is -2.28. The molecule has 0 saturated heterocycles. The number of rotatable bonds is 7. The monoisotopic (exact) mass is 450 g/mol. The fourth-order valence-electron chi connectivity index (χ4n) is 2.57. The van der Waals surface area contributed by atoms with Crippen molar-refractivity contribution in [3.8, 4) is 0 Å². The van der Waals surface area contributed by atoms with E-state index in [-0.39, 0.29) is 33.1 Å². The molecule has 0 heterocycles. The summed E-state index contributed by atoms with van der Waals surface area (Å²) in [5.41, 5.74) is 0.415. The maximum atomic E-state index is 12.3. The minimum atomic E-state index is -3.55. The van der Waals surface area contributed by atoms with Crippen molar-refractivity contribution in [1.29, 1.82) is 0 Å². The third kappa shape index (κ3) is 5.58. The van der Waals surface area contributed by atoms with Gasteiger partial charge in [-0.25, -0.2) is 13.2 Å². The van der Waals surface area contributed by atoms with E-state index < -0.39 is 28.3 Å². The molecule has 0 radical (unpaired) electrons. The van der Waals surface area contributed by atoms with Crippen LogP contribution < -0.4 is 10.6 Å². The van der Waals surface area contributed by atoms with Gasteiger partial charge in [0.1, 0.15) is 0 Å². The van der Waals surface area contributed by atoms with Crippen LogP contribution in [0.4, 0.5) is 5.69 Å². The second-order valence-electron chi connectivity index (χ2n) is 6.83. The topological polar surface area (TPSA) is 119 Å². The van der Waals surface area contributed by atoms with Gasteiger partial charge in [-0.2, -0.15) is 0 Å². The van der Waals surface area contributed by atoms with Crippen molar-refractivity contribution in [3.63, 3.8) is 0 Å². The lowest BCUT2D eigenvalue weighted by Gasteiger charge is -2.12. The van der Waals surface area contributed by atoms with E-state index in [0.717, 1.165) is 25.2 Å². The molecule has 3 rings (SSSR count). The normalized spacial score (nSPS) is 13.4. The summed E-state index contributed by atoms with van der Waals surface area (Å²) in [6.45, 7) is -0.642. The molecule has 0 spiro atoms. The molecule has 1 fully saturated rings. The van der Waals surface area contributed by atoms with Gasteiger partial charge in [0.05, 0.1) is 26.7 Å². The highest BCUT2D eigenvalue weighted by atomic mass is 35.5. The average Bonchev–Trinajstić information content (AvgIpc) is 3.50. The van der Waals surface area contributed by atoms with Gasteiger partial charge in [0.25, 0.3) is 11.8 Å². The van der Waals surface area contributed by atoms with Crippen molar-refractivity contribution in [2.24, 2.45) is 0 Å². The van der Waals surface area contributed by atoms with Crippen LogP contribution in [0.1, 0.15) is 33.6 Å². The van der Waals surface area contributed by atoms with E-state index in [1.165, 1.54) is 12.1 Å². The zero-order valence-corrected chi connectivity index (χ0v) is 17.5. The maximum Gasteiger partial charge on any atom is 0.340 e. The molecule has 0 atom stereocenters. The Bertz CT molecular complexity index is 1110. The van der Waals surface area contributed by atoms with Crippen LogP contribution in [0.3, 0.4) is 0 Å². The minimum Gasteiger partial charge on any atom is -0.452 e. The summed E-state index contributed by atoms with van der Waals surface area (Å²) in [7, 11) is -3.55. The highest BCUT2D eigenvalue weighted by Crippen LogP contribution is 2.23. The fourth-order valence-corrected chi connectivity index (χ4v) is 3.41. The molecule has 1 aliphatic rings. The number of anilines is 1. The van der Waals surface area contributed by atoms with E-state index in [4.69, 9.17) is 16.3 Å². The predicted molar refractivity (Wildman–Crippen MR) is 110 cm³/mol. The second-order valence-corrected chi connectivity index (χ2v) is 9.25. The molecule has 2 N–H and O–H groups in total. The van der Waals surface area contributed by atoms with Gasteiger partial charge in [-0.3, -0.25) is 9.59 Å². The molecule has 30 heavy (non-hydrogen) atoms. The maximum absolute atomic E-state index is 12.3. The number of halogens is 1. The SMILES string of the molecule is CS(=O)(=O)c1ccc(Cl)c(C(=O)OCC(=O)Nc2ccccc2C(=O)NC2CC2)c1. The number of para-hydroxylation sites is 1. The van der Waals surface area contributed by atoms with Gasteiger partial charge >= 0.3 is 5.97 Å². The molecule has 158 valence electrons. The van der Waals surface area contributed by atoms with E-state index >= 15 is 0 Å². The quantitative estimate of drug-likeness (QED) is 0.625. The van der Waals surface area contributed by atoms with E-state index in [0.29, 0.717) is 5.56 Å². The molecule has 1 aliphatic carbocycles. The first-order valence-electron chi connectivity index (χ1n) is 9.01. The molecule has 2 amide bonds. The number of hydrogen-bond acceptors (Lipinski definition) is 6. The summed E-state index contributed by atoms with van der Waals surface area (Å²) >= 11 is 5.95. The molecular formula is C20H19ClN2O6S. The Morgan fingerprint density at radius 2 is 1.80 bits per heavy atom. The summed E-state index contributed by atoms with van der Waals surface area (Å²) in [6.07, 6.45) is 2.86. The number of carbonyl (C=O) groups is 3. The number of sulfone groups is 1. The molecule has 0 unspecified atom stereocenters. The number of nitrogens with one attached hydrogen (secondary N) is 2. The van der Waals surface area contributed by atoms with E-state index in [2.05, 4.69) is 10.6 Å². The molecule has 2 aromatic rings. The Balaban J connectivity index is 1.64. The highest BCUT2D eigenvalue weighted by Gasteiger charge is 2.25. The van der Waals surface area contributed by atoms with Gasteiger partial charge in [-0.1, -0.05) is 23.7 Å². The summed E-state index contributed by atoms with van der Waals surface area (Å²) in [5, 5.41) is 5.37. The third-order valence-electron chi connectivity index (χ3n) is 4.28. The molecule has 10 heteroatoms. The smallest absolute Gasteiger partial charge is 0.340 e. The first-order valence-corrected chi connectivity index (χ1v) is 11.3. The molecule has 0 bridgehead atoms. The Labute approximate surface area is 178 Å². The zero-order valence-electron chi connectivity index (χ0n) is 16.0. The molecule has 0 aliphatic heterocycles. The molecular weight excluding hydrogens is 432 g/mol. The lowest BCUT2D eigenvalue weighted by atomic mass is 10.1. The molecule has 2 aromatic carbocycles. The Morgan fingerprint density at radius 1 is 1.10 bits per heavy atom. The number of carbonyl (C=O) groups excluding carboxylic acids is 3. The summed E-state index contributed by atoms with van der Waals surface area (Å²) in [4.78, 5) is 36.7. The van der Waals surface area contributed by atoms with Crippen molar-refractivity contribution in [3.05, 3.63) is 58.6 Å². The van der Waals surface area contributed by atoms with Gasteiger partial charge in [0, 0.05) is 12.3 Å². The van der Waals surface area contributed by atoms with Crippen molar-refractivity contribution in [1.82, 2.24) is 5.32 Å².